The van der Waals surface area contributed by atoms with Crippen molar-refractivity contribution in [3.05, 3.63) is 16.7 Å². The molecule has 0 saturated carbocycles. The van der Waals surface area contributed by atoms with Gasteiger partial charge in [0.05, 0.1) is 43.8 Å². The largest absolute Gasteiger partial charge is 0.465 e. The van der Waals surface area contributed by atoms with Gasteiger partial charge in [0.1, 0.15) is 16.9 Å². The molecular weight excluding hydrogens is 378 g/mol. The van der Waals surface area contributed by atoms with E-state index >= 15 is 0 Å². The zero-order chi connectivity index (χ0) is 20.1. The lowest BCUT2D eigenvalue weighted by atomic mass is 9.91. The predicted molar refractivity (Wildman–Crippen MR) is 106 cm³/mol. The molecule has 0 N–H and O–H groups in total. The number of thioether (sulfide) groups is 1. The number of ether oxygens (including phenoxy) is 3. The molecule has 2 aliphatic heterocycles. The monoisotopic (exact) mass is 405 g/mol. The van der Waals surface area contributed by atoms with Crippen LogP contribution in [0.2, 0.25) is 0 Å². The molecule has 0 unspecified atom stereocenters. The Morgan fingerprint density at radius 1 is 1.39 bits per heavy atom. The fraction of sp³-hybridized carbons (Fsp3) is 0.650. The first-order chi connectivity index (χ1) is 13.5. The first kappa shape index (κ1) is 20.9. The van der Waals surface area contributed by atoms with Crippen LogP contribution in [0.3, 0.4) is 0 Å². The van der Waals surface area contributed by atoms with E-state index in [-0.39, 0.29) is 17.8 Å². The third kappa shape index (κ3) is 4.59. The summed E-state index contributed by atoms with van der Waals surface area (Å²) in [6.07, 6.45) is 0.755. The van der Waals surface area contributed by atoms with Gasteiger partial charge in [0.25, 0.3) is 0 Å². The Morgan fingerprint density at radius 2 is 2.14 bits per heavy atom. The summed E-state index contributed by atoms with van der Waals surface area (Å²) in [4.78, 5) is 18.8. The molecule has 2 aliphatic rings. The van der Waals surface area contributed by atoms with Crippen LogP contribution in [0.15, 0.2) is 5.03 Å². The first-order valence-corrected chi connectivity index (χ1v) is 10.7. The molecule has 0 spiro atoms. The average Bonchev–Trinajstić information content (AvgIpc) is 2.71. The van der Waals surface area contributed by atoms with Gasteiger partial charge < -0.3 is 19.1 Å². The van der Waals surface area contributed by atoms with Crippen molar-refractivity contribution in [2.45, 2.75) is 44.9 Å². The normalized spacial score (nSPS) is 19.2. The standard InChI is InChI=1S/C20H27N3O4S/c1-4-26-18(24)12-28-20-15(10-21)14-9-17(13(2)3)27-11-16(14)19(22-20)23-5-7-25-8-6-23/h13,17H,4-9,11-12H2,1-3H3/t17-/m1/s1. The summed E-state index contributed by atoms with van der Waals surface area (Å²) in [6, 6.07) is 2.33. The van der Waals surface area contributed by atoms with Gasteiger partial charge >= 0.3 is 5.97 Å². The van der Waals surface area contributed by atoms with Crippen LogP contribution < -0.4 is 4.90 Å². The van der Waals surface area contributed by atoms with Crippen LogP contribution in [0.4, 0.5) is 5.82 Å². The highest BCUT2D eigenvalue weighted by atomic mass is 32.2. The molecule has 1 aromatic rings. The Kier molecular flexibility index (Phi) is 7.16. The maximum atomic E-state index is 11.8. The Labute approximate surface area is 170 Å². The number of rotatable bonds is 6. The Hall–Kier alpha value is -1.82. The van der Waals surface area contributed by atoms with Gasteiger partial charge in [-0.1, -0.05) is 25.6 Å². The number of anilines is 1. The van der Waals surface area contributed by atoms with E-state index in [1.807, 2.05) is 0 Å². The van der Waals surface area contributed by atoms with Gasteiger partial charge in [-0.15, -0.1) is 0 Å². The summed E-state index contributed by atoms with van der Waals surface area (Å²) in [5, 5.41) is 10.5. The molecule has 0 amide bonds. The maximum Gasteiger partial charge on any atom is 0.316 e. The van der Waals surface area contributed by atoms with Gasteiger partial charge in [0.15, 0.2) is 0 Å². The zero-order valence-electron chi connectivity index (χ0n) is 16.7. The van der Waals surface area contributed by atoms with Crippen molar-refractivity contribution in [3.8, 4) is 6.07 Å². The van der Waals surface area contributed by atoms with Crippen LogP contribution in [0, 0.1) is 17.2 Å². The molecule has 3 rings (SSSR count). The molecule has 0 aromatic carbocycles. The van der Waals surface area contributed by atoms with E-state index in [4.69, 9.17) is 19.2 Å². The van der Waals surface area contributed by atoms with Crippen LogP contribution in [0.25, 0.3) is 0 Å². The lowest BCUT2D eigenvalue weighted by Crippen LogP contribution is -2.39. The minimum absolute atomic E-state index is 0.0717. The van der Waals surface area contributed by atoms with Gasteiger partial charge in [-0.3, -0.25) is 4.79 Å². The summed E-state index contributed by atoms with van der Waals surface area (Å²) in [5.41, 5.74) is 2.57. The summed E-state index contributed by atoms with van der Waals surface area (Å²) < 4.78 is 16.6. The molecule has 1 atom stereocenters. The summed E-state index contributed by atoms with van der Waals surface area (Å²) in [6.45, 7) is 9.63. The predicted octanol–water partition coefficient (Wildman–Crippen LogP) is 2.54. The average molecular weight is 406 g/mol. The van der Waals surface area contributed by atoms with Gasteiger partial charge in [-0.05, 0) is 18.4 Å². The lowest BCUT2D eigenvalue weighted by Gasteiger charge is -2.35. The van der Waals surface area contributed by atoms with Gasteiger partial charge in [-0.2, -0.15) is 5.26 Å². The SMILES string of the molecule is CCOC(=O)CSc1nc(N2CCOCC2)c2c(c1C#N)C[C@H](C(C)C)OC2. The highest BCUT2D eigenvalue weighted by Crippen LogP contribution is 2.37. The fourth-order valence-electron chi connectivity index (χ4n) is 3.48. The third-order valence-electron chi connectivity index (χ3n) is 5.00. The van der Waals surface area contributed by atoms with Crippen molar-refractivity contribution in [2.75, 3.05) is 43.6 Å². The number of fused-ring (bicyclic) bond motifs is 1. The van der Waals surface area contributed by atoms with Crippen molar-refractivity contribution in [2.24, 2.45) is 5.92 Å². The van der Waals surface area contributed by atoms with E-state index in [2.05, 4.69) is 24.8 Å². The van der Waals surface area contributed by atoms with Crippen molar-refractivity contribution in [3.63, 3.8) is 0 Å². The van der Waals surface area contributed by atoms with Gasteiger partial charge in [0.2, 0.25) is 0 Å². The molecule has 0 bridgehead atoms. The second-order valence-corrected chi connectivity index (χ2v) is 8.14. The number of carbonyl (C=O) groups excluding carboxylic acids is 1. The Morgan fingerprint density at radius 3 is 2.79 bits per heavy atom. The van der Waals surface area contributed by atoms with Crippen LogP contribution >= 0.6 is 11.8 Å². The van der Waals surface area contributed by atoms with E-state index in [9.17, 15) is 10.1 Å². The van der Waals surface area contributed by atoms with E-state index in [1.165, 1.54) is 11.8 Å². The first-order valence-electron chi connectivity index (χ1n) is 9.73. The number of morpholine rings is 1. The molecular formula is C20H27N3O4S. The lowest BCUT2D eigenvalue weighted by molar-refractivity contribution is -0.139. The van der Waals surface area contributed by atoms with Crippen molar-refractivity contribution in [1.82, 2.24) is 4.98 Å². The quantitative estimate of drug-likeness (QED) is 0.527. The van der Waals surface area contributed by atoms with Crippen LogP contribution in [0.1, 0.15) is 37.5 Å². The van der Waals surface area contributed by atoms with Crippen molar-refractivity contribution < 1.29 is 19.0 Å². The number of hydrogen-bond acceptors (Lipinski definition) is 8. The number of hydrogen-bond donors (Lipinski definition) is 0. The van der Waals surface area contributed by atoms with E-state index < -0.39 is 0 Å². The molecule has 8 heteroatoms. The maximum absolute atomic E-state index is 11.8. The van der Waals surface area contributed by atoms with Crippen molar-refractivity contribution >= 4 is 23.5 Å². The summed E-state index contributed by atoms with van der Waals surface area (Å²) in [7, 11) is 0. The molecule has 1 aromatic heterocycles. The molecule has 1 fully saturated rings. The fourth-order valence-corrected chi connectivity index (χ4v) is 4.28. The van der Waals surface area contributed by atoms with Crippen molar-refractivity contribution in [1.29, 1.82) is 5.26 Å². The Balaban J connectivity index is 2.00. The molecule has 28 heavy (non-hydrogen) atoms. The molecule has 152 valence electrons. The molecule has 7 nitrogen and oxygen atoms in total. The number of esters is 1. The number of nitriles is 1. The molecule has 3 heterocycles. The van der Waals surface area contributed by atoms with Gasteiger partial charge in [0, 0.05) is 25.1 Å². The van der Waals surface area contributed by atoms with E-state index in [0.29, 0.717) is 49.4 Å². The summed E-state index contributed by atoms with van der Waals surface area (Å²) >= 11 is 1.27. The highest BCUT2D eigenvalue weighted by Gasteiger charge is 2.31. The summed E-state index contributed by atoms with van der Waals surface area (Å²) in [5.74, 6) is 1.05. The Bertz CT molecular complexity index is 757. The van der Waals surface area contributed by atoms with E-state index in [1.54, 1.807) is 6.92 Å². The number of pyridine rings is 1. The molecule has 1 saturated heterocycles. The smallest absolute Gasteiger partial charge is 0.316 e. The van der Waals surface area contributed by atoms with Crippen LogP contribution in [-0.2, 0) is 32.0 Å². The van der Waals surface area contributed by atoms with Crippen LogP contribution in [0.5, 0.6) is 0 Å². The van der Waals surface area contributed by atoms with Gasteiger partial charge in [-0.25, -0.2) is 4.98 Å². The molecule has 0 aliphatic carbocycles. The second-order valence-electron chi connectivity index (χ2n) is 7.18. The third-order valence-corrected chi connectivity index (χ3v) is 5.95. The number of aromatic nitrogens is 1. The molecule has 0 radical (unpaired) electrons. The number of nitrogens with zero attached hydrogens (tertiary/aromatic N) is 3. The van der Waals surface area contributed by atoms with E-state index in [0.717, 1.165) is 30.0 Å². The van der Waals surface area contributed by atoms with Crippen LogP contribution in [-0.4, -0.2) is 55.7 Å². The zero-order valence-corrected chi connectivity index (χ0v) is 17.5. The minimum atomic E-state index is -0.299. The second kappa shape index (κ2) is 9.59. The topological polar surface area (TPSA) is 84.7 Å². The highest BCUT2D eigenvalue weighted by molar-refractivity contribution is 7.99. The minimum Gasteiger partial charge on any atom is -0.465 e. The number of carbonyl (C=O) groups is 1.